The predicted octanol–water partition coefficient (Wildman–Crippen LogP) is 1.01. The lowest BCUT2D eigenvalue weighted by molar-refractivity contribution is -0.116. The Bertz CT molecular complexity index is 711. The minimum atomic E-state index is -3.53. The average Bonchev–Trinajstić information content (AvgIpc) is 2.82. The Labute approximate surface area is 137 Å². The highest BCUT2D eigenvalue weighted by Gasteiger charge is 2.30. The number of hydrogen-bond acceptors (Lipinski definition) is 4. The molecule has 0 aromatic heterocycles. The molecule has 126 valence electrons. The third kappa shape index (κ3) is 3.27. The fourth-order valence-electron chi connectivity index (χ4n) is 3.49. The van der Waals surface area contributed by atoms with E-state index in [0.717, 1.165) is 30.6 Å². The van der Waals surface area contributed by atoms with Crippen LogP contribution in [0.1, 0.15) is 32.3 Å². The van der Waals surface area contributed by atoms with Crippen molar-refractivity contribution in [2.45, 2.75) is 50.1 Å². The number of sulfonamides is 1. The van der Waals surface area contributed by atoms with E-state index in [0.29, 0.717) is 13.0 Å². The topological polar surface area (TPSA) is 78.5 Å². The lowest BCUT2D eigenvalue weighted by Gasteiger charge is -2.24. The van der Waals surface area contributed by atoms with Crippen LogP contribution in [0.2, 0.25) is 0 Å². The molecule has 2 aliphatic heterocycles. The van der Waals surface area contributed by atoms with Crippen LogP contribution < -0.4 is 14.9 Å². The van der Waals surface area contributed by atoms with Crippen LogP contribution >= 0.6 is 0 Å². The van der Waals surface area contributed by atoms with Gasteiger partial charge in [-0.2, -0.15) is 0 Å². The van der Waals surface area contributed by atoms with Gasteiger partial charge in [0.25, 0.3) is 0 Å². The van der Waals surface area contributed by atoms with Gasteiger partial charge >= 0.3 is 0 Å². The van der Waals surface area contributed by atoms with Crippen molar-refractivity contribution in [3.8, 4) is 0 Å². The lowest BCUT2D eigenvalue weighted by atomic mass is 10.1. The Hall–Kier alpha value is -1.44. The summed E-state index contributed by atoms with van der Waals surface area (Å²) >= 11 is 0. The fourth-order valence-corrected chi connectivity index (χ4v) is 4.82. The van der Waals surface area contributed by atoms with E-state index in [9.17, 15) is 13.2 Å². The maximum absolute atomic E-state index is 12.6. The number of piperidine rings is 1. The number of carbonyl (C=O) groups excluding carboxylic acids is 1. The molecule has 3 rings (SSSR count). The van der Waals surface area contributed by atoms with E-state index >= 15 is 0 Å². The van der Waals surface area contributed by atoms with E-state index in [1.807, 2.05) is 6.92 Å². The van der Waals surface area contributed by atoms with Gasteiger partial charge in [-0.3, -0.25) is 4.79 Å². The van der Waals surface area contributed by atoms with Gasteiger partial charge in [0.05, 0.1) is 4.90 Å². The van der Waals surface area contributed by atoms with Crippen LogP contribution in [-0.4, -0.2) is 39.5 Å². The molecule has 2 aliphatic rings. The van der Waals surface area contributed by atoms with E-state index in [1.165, 1.54) is 6.92 Å². The highest BCUT2D eigenvalue weighted by atomic mass is 32.2. The lowest BCUT2D eigenvalue weighted by Crippen LogP contribution is -2.45. The summed E-state index contributed by atoms with van der Waals surface area (Å²) in [6, 6.07) is 5.04. The Morgan fingerprint density at radius 2 is 2.17 bits per heavy atom. The molecule has 0 bridgehead atoms. The van der Waals surface area contributed by atoms with Gasteiger partial charge in [0.2, 0.25) is 15.9 Å². The minimum absolute atomic E-state index is 0.0155. The molecule has 0 aliphatic carbocycles. The second kappa shape index (κ2) is 6.22. The maximum atomic E-state index is 12.6. The van der Waals surface area contributed by atoms with E-state index in [1.54, 1.807) is 23.1 Å². The number of anilines is 1. The summed E-state index contributed by atoms with van der Waals surface area (Å²) in [5, 5.41) is 3.20. The molecule has 2 unspecified atom stereocenters. The van der Waals surface area contributed by atoms with Gasteiger partial charge in [0, 0.05) is 31.2 Å². The minimum Gasteiger partial charge on any atom is -0.315 e. The van der Waals surface area contributed by atoms with Gasteiger partial charge in [0.15, 0.2) is 0 Å². The van der Waals surface area contributed by atoms with Gasteiger partial charge in [-0.05, 0) is 56.5 Å². The molecule has 1 aromatic carbocycles. The molecule has 2 heterocycles. The van der Waals surface area contributed by atoms with Crippen molar-refractivity contribution in [3.05, 3.63) is 23.8 Å². The first-order valence-electron chi connectivity index (χ1n) is 8.04. The molecule has 0 spiro atoms. The number of nitrogens with one attached hydrogen (secondary N) is 2. The smallest absolute Gasteiger partial charge is 0.240 e. The number of benzene rings is 1. The van der Waals surface area contributed by atoms with Crippen molar-refractivity contribution in [2.75, 3.05) is 18.0 Å². The van der Waals surface area contributed by atoms with Crippen LogP contribution in [0.15, 0.2) is 23.1 Å². The van der Waals surface area contributed by atoms with Gasteiger partial charge < -0.3 is 10.2 Å². The predicted molar refractivity (Wildman–Crippen MR) is 89.0 cm³/mol. The molecular formula is C16H23N3O3S. The third-order valence-electron chi connectivity index (χ3n) is 4.53. The highest BCUT2D eigenvalue weighted by molar-refractivity contribution is 7.89. The molecule has 6 nitrogen and oxygen atoms in total. The molecular weight excluding hydrogens is 314 g/mol. The Morgan fingerprint density at radius 3 is 2.83 bits per heavy atom. The van der Waals surface area contributed by atoms with E-state index < -0.39 is 10.0 Å². The number of hydrogen-bond donors (Lipinski definition) is 2. The standard InChI is InChI=1S/C16H23N3O3S/c1-11-8-13-9-15(5-6-16(13)19(11)12(2)20)23(21,22)18-14-4-3-7-17-10-14/h5-6,9,11,14,17-18H,3-4,7-8,10H2,1-2H3. The van der Waals surface area contributed by atoms with Crippen molar-refractivity contribution < 1.29 is 13.2 Å². The van der Waals surface area contributed by atoms with E-state index in [2.05, 4.69) is 10.0 Å². The molecule has 7 heteroatoms. The van der Waals surface area contributed by atoms with Crippen molar-refractivity contribution in [3.63, 3.8) is 0 Å². The first-order chi connectivity index (χ1) is 10.9. The molecule has 2 atom stereocenters. The fraction of sp³-hybridized carbons (Fsp3) is 0.562. The van der Waals surface area contributed by atoms with Crippen LogP contribution in [0.5, 0.6) is 0 Å². The maximum Gasteiger partial charge on any atom is 0.240 e. The van der Waals surface area contributed by atoms with Crippen LogP contribution in [0, 0.1) is 0 Å². The first kappa shape index (κ1) is 16.4. The molecule has 0 saturated carbocycles. The zero-order valence-electron chi connectivity index (χ0n) is 13.5. The highest BCUT2D eigenvalue weighted by Crippen LogP contribution is 2.33. The van der Waals surface area contributed by atoms with Crippen molar-refractivity contribution in [1.29, 1.82) is 0 Å². The second-order valence-corrected chi connectivity index (χ2v) is 8.11. The van der Waals surface area contributed by atoms with Crippen LogP contribution in [0.3, 0.4) is 0 Å². The first-order valence-corrected chi connectivity index (χ1v) is 9.52. The normalized spacial score (nSPS) is 24.5. The second-order valence-electron chi connectivity index (χ2n) is 6.40. The Morgan fingerprint density at radius 1 is 1.39 bits per heavy atom. The Kier molecular flexibility index (Phi) is 4.44. The van der Waals surface area contributed by atoms with Gasteiger partial charge in [0.1, 0.15) is 0 Å². The van der Waals surface area contributed by atoms with Crippen molar-refractivity contribution >= 4 is 21.6 Å². The molecule has 2 N–H and O–H groups in total. The monoisotopic (exact) mass is 337 g/mol. The zero-order valence-corrected chi connectivity index (χ0v) is 14.3. The van der Waals surface area contributed by atoms with Gasteiger partial charge in [-0.1, -0.05) is 0 Å². The molecule has 0 radical (unpaired) electrons. The number of amides is 1. The van der Waals surface area contributed by atoms with Crippen LogP contribution in [0.4, 0.5) is 5.69 Å². The van der Waals surface area contributed by atoms with Crippen molar-refractivity contribution in [1.82, 2.24) is 10.0 Å². The van der Waals surface area contributed by atoms with Crippen LogP contribution in [-0.2, 0) is 21.2 Å². The number of carbonyl (C=O) groups is 1. The summed E-state index contributed by atoms with van der Waals surface area (Å²) < 4.78 is 27.9. The summed E-state index contributed by atoms with van der Waals surface area (Å²) in [7, 11) is -3.53. The third-order valence-corrected chi connectivity index (χ3v) is 6.05. The molecule has 23 heavy (non-hydrogen) atoms. The van der Waals surface area contributed by atoms with E-state index in [4.69, 9.17) is 0 Å². The zero-order chi connectivity index (χ0) is 16.6. The molecule has 1 amide bonds. The largest absolute Gasteiger partial charge is 0.315 e. The van der Waals surface area contributed by atoms with Gasteiger partial charge in [-0.25, -0.2) is 13.1 Å². The summed E-state index contributed by atoms with van der Waals surface area (Å²) in [5.74, 6) is -0.0155. The Balaban J connectivity index is 1.84. The number of rotatable bonds is 3. The van der Waals surface area contributed by atoms with E-state index in [-0.39, 0.29) is 22.9 Å². The van der Waals surface area contributed by atoms with Crippen molar-refractivity contribution in [2.24, 2.45) is 0 Å². The molecule has 1 fully saturated rings. The summed E-state index contributed by atoms with van der Waals surface area (Å²) in [6.45, 7) is 5.12. The number of fused-ring (bicyclic) bond motifs is 1. The SMILES string of the molecule is CC(=O)N1c2ccc(S(=O)(=O)NC3CCCNC3)cc2CC1C. The summed E-state index contributed by atoms with van der Waals surface area (Å²) in [4.78, 5) is 13.8. The molecule has 1 aromatic rings. The summed E-state index contributed by atoms with van der Waals surface area (Å²) in [6.07, 6.45) is 2.51. The quantitative estimate of drug-likeness (QED) is 0.863. The molecule has 1 saturated heterocycles. The number of nitrogens with zero attached hydrogens (tertiary/aromatic N) is 1. The average molecular weight is 337 g/mol. The summed E-state index contributed by atoms with van der Waals surface area (Å²) in [5.41, 5.74) is 1.74. The van der Waals surface area contributed by atoms with Crippen LogP contribution in [0.25, 0.3) is 0 Å². The van der Waals surface area contributed by atoms with Gasteiger partial charge in [-0.15, -0.1) is 0 Å².